The molecule has 186 valence electrons. The molecule has 0 aliphatic rings. The van der Waals surface area contributed by atoms with Crippen molar-refractivity contribution in [2.75, 3.05) is 32.2 Å². The first-order valence-corrected chi connectivity index (χ1v) is 12.5. The predicted octanol–water partition coefficient (Wildman–Crippen LogP) is 4.50. The molecule has 0 atom stereocenters. The standard InChI is InChI=1S/C23H32N4O6S/c1-6-26(7-2)34(30,31)19-9-10-20(21(15-19)27(28)29)25-24-16-18-8-11-22(23(14-18)32-5)33-13-12-17(3)4/h8-11,14-17,25H,6-7,12-13H2,1-5H3/b24-16+. The van der Waals surface area contributed by atoms with E-state index in [2.05, 4.69) is 24.4 Å². The van der Waals surface area contributed by atoms with Crippen molar-refractivity contribution in [3.63, 3.8) is 0 Å². The normalized spacial score (nSPS) is 11.9. The van der Waals surface area contributed by atoms with Gasteiger partial charge in [-0.05, 0) is 48.2 Å². The summed E-state index contributed by atoms with van der Waals surface area (Å²) in [5, 5.41) is 15.6. The summed E-state index contributed by atoms with van der Waals surface area (Å²) in [7, 11) is -2.28. The van der Waals surface area contributed by atoms with Gasteiger partial charge in [0.25, 0.3) is 5.69 Å². The Bertz CT molecular complexity index is 1110. The fourth-order valence-corrected chi connectivity index (χ4v) is 4.57. The number of hydrogen-bond donors (Lipinski definition) is 1. The Morgan fingerprint density at radius 2 is 1.85 bits per heavy atom. The summed E-state index contributed by atoms with van der Waals surface area (Å²) in [5.41, 5.74) is 2.99. The first-order valence-electron chi connectivity index (χ1n) is 11.0. The van der Waals surface area contributed by atoms with Crippen LogP contribution in [0.2, 0.25) is 0 Å². The minimum Gasteiger partial charge on any atom is -0.493 e. The monoisotopic (exact) mass is 492 g/mol. The van der Waals surface area contributed by atoms with Crippen LogP contribution in [0, 0.1) is 16.0 Å². The van der Waals surface area contributed by atoms with Crippen molar-refractivity contribution < 1.29 is 22.8 Å². The Labute approximate surface area is 200 Å². The smallest absolute Gasteiger partial charge is 0.295 e. The van der Waals surface area contributed by atoms with Crippen LogP contribution >= 0.6 is 0 Å². The summed E-state index contributed by atoms with van der Waals surface area (Å²) in [6.07, 6.45) is 2.40. The number of methoxy groups -OCH3 is 1. The molecule has 34 heavy (non-hydrogen) atoms. The molecule has 0 saturated carbocycles. The highest BCUT2D eigenvalue weighted by Gasteiger charge is 2.25. The van der Waals surface area contributed by atoms with Crippen molar-refractivity contribution in [3.8, 4) is 11.5 Å². The summed E-state index contributed by atoms with van der Waals surface area (Å²) in [6, 6.07) is 8.99. The zero-order valence-electron chi connectivity index (χ0n) is 20.1. The third kappa shape index (κ3) is 6.91. The number of ether oxygens (including phenoxy) is 2. The molecule has 0 aromatic heterocycles. The van der Waals surface area contributed by atoms with Gasteiger partial charge in [0.15, 0.2) is 11.5 Å². The van der Waals surface area contributed by atoms with E-state index in [0.29, 0.717) is 29.6 Å². The first kappa shape index (κ1) is 27.1. The molecular weight excluding hydrogens is 460 g/mol. The van der Waals surface area contributed by atoms with Crippen molar-refractivity contribution in [2.24, 2.45) is 11.0 Å². The lowest BCUT2D eigenvalue weighted by Crippen LogP contribution is -2.30. The van der Waals surface area contributed by atoms with E-state index >= 15 is 0 Å². The minimum absolute atomic E-state index is 0.0698. The van der Waals surface area contributed by atoms with E-state index in [1.54, 1.807) is 39.2 Å². The highest BCUT2D eigenvalue weighted by atomic mass is 32.2. The van der Waals surface area contributed by atoms with E-state index in [1.165, 1.54) is 22.7 Å². The van der Waals surface area contributed by atoms with Crippen molar-refractivity contribution in [3.05, 3.63) is 52.1 Å². The van der Waals surface area contributed by atoms with E-state index in [1.807, 2.05) is 0 Å². The number of hydrogen-bond acceptors (Lipinski definition) is 8. The molecule has 0 fully saturated rings. The molecule has 0 amide bonds. The van der Waals surface area contributed by atoms with Gasteiger partial charge in [0.2, 0.25) is 10.0 Å². The molecule has 0 unspecified atom stereocenters. The fourth-order valence-electron chi connectivity index (χ4n) is 3.09. The predicted molar refractivity (Wildman–Crippen MR) is 132 cm³/mol. The lowest BCUT2D eigenvalue weighted by molar-refractivity contribution is -0.384. The lowest BCUT2D eigenvalue weighted by Gasteiger charge is -2.18. The van der Waals surface area contributed by atoms with Crippen LogP contribution in [0.25, 0.3) is 0 Å². The highest BCUT2D eigenvalue weighted by molar-refractivity contribution is 7.89. The van der Waals surface area contributed by atoms with Crippen LogP contribution in [0.4, 0.5) is 11.4 Å². The van der Waals surface area contributed by atoms with Crippen molar-refractivity contribution in [2.45, 2.75) is 39.0 Å². The molecule has 2 rings (SSSR count). The molecule has 2 aromatic carbocycles. The van der Waals surface area contributed by atoms with Gasteiger partial charge in [-0.15, -0.1) is 0 Å². The molecule has 0 aliphatic carbocycles. The number of nitrogens with zero attached hydrogens (tertiary/aromatic N) is 3. The van der Waals surface area contributed by atoms with Crippen LogP contribution in [0.1, 0.15) is 39.7 Å². The molecule has 10 nitrogen and oxygen atoms in total. The average molecular weight is 493 g/mol. The lowest BCUT2D eigenvalue weighted by atomic mass is 10.1. The number of nitro groups is 1. The van der Waals surface area contributed by atoms with E-state index in [9.17, 15) is 18.5 Å². The van der Waals surface area contributed by atoms with Crippen LogP contribution in [-0.4, -0.2) is 50.7 Å². The van der Waals surface area contributed by atoms with E-state index in [4.69, 9.17) is 9.47 Å². The van der Waals surface area contributed by atoms with Crippen molar-refractivity contribution in [1.82, 2.24) is 4.31 Å². The second-order valence-electron chi connectivity index (χ2n) is 7.84. The quantitative estimate of drug-likeness (QED) is 0.248. The highest BCUT2D eigenvalue weighted by Crippen LogP contribution is 2.30. The van der Waals surface area contributed by atoms with Gasteiger partial charge in [-0.25, -0.2) is 8.42 Å². The van der Waals surface area contributed by atoms with Crippen LogP contribution in [0.3, 0.4) is 0 Å². The van der Waals surface area contributed by atoms with Gasteiger partial charge in [0.05, 0.1) is 29.8 Å². The van der Waals surface area contributed by atoms with Gasteiger partial charge in [-0.1, -0.05) is 27.7 Å². The van der Waals surface area contributed by atoms with Crippen molar-refractivity contribution in [1.29, 1.82) is 0 Å². The minimum atomic E-state index is -3.82. The topological polar surface area (TPSA) is 123 Å². The van der Waals surface area contributed by atoms with Crippen LogP contribution < -0.4 is 14.9 Å². The summed E-state index contributed by atoms with van der Waals surface area (Å²) in [6.45, 7) is 8.76. The Hall–Kier alpha value is -3.18. The molecule has 1 N–H and O–H groups in total. The number of sulfonamides is 1. The number of hydrazone groups is 1. The third-order valence-corrected chi connectivity index (χ3v) is 7.09. The van der Waals surface area contributed by atoms with Crippen LogP contribution in [0.5, 0.6) is 11.5 Å². The average Bonchev–Trinajstić information content (AvgIpc) is 2.80. The van der Waals surface area contributed by atoms with Gasteiger partial charge in [0, 0.05) is 19.2 Å². The molecule has 0 aliphatic heterocycles. The molecule has 0 saturated heterocycles. The van der Waals surface area contributed by atoms with Gasteiger partial charge < -0.3 is 9.47 Å². The molecular formula is C23H32N4O6S. The van der Waals surface area contributed by atoms with Crippen molar-refractivity contribution >= 4 is 27.6 Å². The maximum atomic E-state index is 12.7. The summed E-state index contributed by atoms with van der Waals surface area (Å²) in [5.74, 6) is 1.69. The molecule has 0 radical (unpaired) electrons. The zero-order chi connectivity index (χ0) is 25.3. The Morgan fingerprint density at radius 1 is 1.15 bits per heavy atom. The molecule has 0 spiro atoms. The van der Waals surface area contributed by atoms with E-state index < -0.39 is 20.6 Å². The third-order valence-electron chi connectivity index (χ3n) is 5.05. The number of benzene rings is 2. The van der Waals surface area contributed by atoms with Gasteiger partial charge >= 0.3 is 0 Å². The van der Waals surface area contributed by atoms with Crippen LogP contribution in [-0.2, 0) is 10.0 Å². The van der Waals surface area contributed by atoms with Gasteiger partial charge in [0.1, 0.15) is 5.69 Å². The first-order chi connectivity index (χ1) is 16.1. The summed E-state index contributed by atoms with van der Waals surface area (Å²) >= 11 is 0. The molecule has 0 heterocycles. The SMILES string of the molecule is CCN(CC)S(=O)(=O)c1ccc(N/N=C/c2ccc(OCCC(C)C)c(OC)c2)c([N+](=O)[O-])c1. The molecule has 11 heteroatoms. The second kappa shape index (κ2) is 12.3. The van der Waals surface area contributed by atoms with Gasteiger partial charge in [-0.3, -0.25) is 15.5 Å². The maximum Gasteiger partial charge on any atom is 0.295 e. The summed E-state index contributed by atoms with van der Waals surface area (Å²) in [4.78, 5) is 10.8. The molecule has 0 bridgehead atoms. The largest absolute Gasteiger partial charge is 0.493 e. The number of nitro benzene ring substituents is 1. The zero-order valence-corrected chi connectivity index (χ0v) is 21.0. The van der Waals surface area contributed by atoms with E-state index in [0.717, 1.165) is 12.5 Å². The Morgan fingerprint density at radius 3 is 2.44 bits per heavy atom. The number of rotatable bonds is 13. The van der Waals surface area contributed by atoms with E-state index in [-0.39, 0.29) is 23.7 Å². The summed E-state index contributed by atoms with van der Waals surface area (Å²) < 4.78 is 37.8. The second-order valence-corrected chi connectivity index (χ2v) is 9.77. The Kier molecular flexibility index (Phi) is 9.82. The number of anilines is 1. The fraction of sp³-hybridized carbons (Fsp3) is 0.435. The molecule has 2 aromatic rings. The number of nitrogens with one attached hydrogen (secondary N) is 1. The maximum absolute atomic E-state index is 12.7. The Balaban J connectivity index is 2.21. The van der Waals surface area contributed by atoms with Crippen LogP contribution in [0.15, 0.2) is 46.4 Å². The van der Waals surface area contributed by atoms with Gasteiger partial charge in [-0.2, -0.15) is 9.41 Å².